The van der Waals surface area contributed by atoms with Crippen LogP contribution in [0.1, 0.15) is 44.9 Å². The molecule has 1 aromatic heterocycles. The highest BCUT2D eigenvalue weighted by Crippen LogP contribution is 2.31. The third-order valence-electron chi connectivity index (χ3n) is 6.71. The molecule has 4 nitrogen and oxygen atoms in total. The first-order chi connectivity index (χ1) is 17.8. The number of nitrogens with one attached hydrogen (secondary N) is 2. The van der Waals surface area contributed by atoms with E-state index in [4.69, 9.17) is 0 Å². The monoisotopic (exact) mass is 494 g/mol. The molecule has 194 valence electrons. The first-order valence-electron chi connectivity index (χ1n) is 13.2. The molecule has 0 spiro atoms. The van der Waals surface area contributed by atoms with Gasteiger partial charge in [0.1, 0.15) is 11.6 Å². The lowest BCUT2D eigenvalue weighted by Crippen LogP contribution is -2.25. The Bertz CT molecular complexity index is 1270. The van der Waals surface area contributed by atoms with Crippen LogP contribution in [0.25, 0.3) is 11.1 Å². The van der Waals surface area contributed by atoms with Crippen molar-refractivity contribution in [3.8, 4) is 11.1 Å². The maximum absolute atomic E-state index is 4.67. The molecule has 2 N–H and O–H groups in total. The summed E-state index contributed by atoms with van der Waals surface area (Å²) >= 11 is 0. The van der Waals surface area contributed by atoms with Crippen LogP contribution in [0.4, 0.5) is 5.82 Å². The Morgan fingerprint density at radius 2 is 1.30 bits per heavy atom. The van der Waals surface area contributed by atoms with Crippen LogP contribution in [-0.4, -0.2) is 29.6 Å². The Balaban J connectivity index is 0.000000319. The number of aromatic nitrogens is 2. The van der Waals surface area contributed by atoms with Crippen molar-refractivity contribution < 1.29 is 0 Å². The molecule has 4 heteroatoms. The number of hydrogen-bond acceptors (Lipinski definition) is 4. The first-order valence-corrected chi connectivity index (χ1v) is 13.2. The second kappa shape index (κ2) is 13.7. The zero-order valence-electron chi connectivity index (χ0n) is 23.6. The number of benzene rings is 3. The van der Waals surface area contributed by atoms with E-state index >= 15 is 0 Å². The Labute approximate surface area is 223 Å². The molecule has 3 aromatic carbocycles. The largest absolute Gasteiger partial charge is 0.368 e. The summed E-state index contributed by atoms with van der Waals surface area (Å²) < 4.78 is 0. The average molecular weight is 495 g/mol. The van der Waals surface area contributed by atoms with Crippen molar-refractivity contribution in [2.45, 2.75) is 54.9 Å². The van der Waals surface area contributed by atoms with E-state index in [1.807, 2.05) is 6.92 Å². The molecular weight excluding hydrogens is 452 g/mol. The van der Waals surface area contributed by atoms with Gasteiger partial charge in [0.25, 0.3) is 0 Å². The Hall–Kier alpha value is -3.50. The summed E-state index contributed by atoms with van der Waals surface area (Å²) in [5.41, 5.74) is 11.5. The SMILES string of the molecule is Cc1cc(C)c(C)c(C)c1.Cc1nc(C)c(-c2ccccc2C)c(NCCNCCc2ccccc2)n1. The Kier molecular flexibility index (Phi) is 10.4. The number of hydrogen-bond donors (Lipinski definition) is 2. The second-order valence-electron chi connectivity index (χ2n) is 9.83. The lowest BCUT2D eigenvalue weighted by Gasteiger charge is -2.16. The summed E-state index contributed by atoms with van der Waals surface area (Å²) in [5.74, 6) is 1.71. The normalized spacial score (nSPS) is 10.6. The topological polar surface area (TPSA) is 49.8 Å². The summed E-state index contributed by atoms with van der Waals surface area (Å²) in [6.07, 6.45) is 1.04. The predicted octanol–water partition coefficient (Wildman–Crippen LogP) is 7.23. The van der Waals surface area contributed by atoms with Gasteiger partial charge in [0.05, 0.1) is 5.69 Å². The van der Waals surface area contributed by atoms with Gasteiger partial charge in [-0.25, -0.2) is 9.97 Å². The van der Waals surface area contributed by atoms with Gasteiger partial charge in [-0.2, -0.15) is 0 Å². The van der Waals surface area contributed by atoms with Crippen LogP contribution in [0.15, 0.2) is 66.7 Å². The molecule has 4 rings (SSSR count). The number of aryl methyl sites for hydroxylation is 6. The van der Waals surface area contributed by atoms with Crippen molar-refractivity contribution in [1.82, 2.24) is 15.3 Å². The van der Waals surface area contributed by atoms with E-state index in [9.17, 15) is 0 Å². The van der Waals surface area contributed by atoms with Gasteiger partial charge >= 0.3 is 0 Å². The highest BCUT2D eigenvalue weighted by Gasteiger charge is 2.13. The molecule has 4 aromatic rings. The van der Waals surface area contributed by atoms with E-state index in [2.05, 4.69) is 129 Å². The van der Waals surface area contributed by atoms with Crippen molar-refractivity contribution in [1.29, 1.82) is 0 Å². The Morgan fingerprint density at radius 3 is 1.97 bits per heavy atom. The van der Waals surface area contributed by atoms with Gasteiger partial charge < -0.3 is 10.6 Å². The van der Waals surface area contributed by atoms with Gasteiger partial charge in [-0.1, -0.05) is 72.3 Å². The first kappa shape index (κ1) is 28.1. The van der Waals surface area contributed by atoms with Crippen molar-refractivity contribution in [3.63, 3.8) is 0 Å². The van der Waals surface area contributed by atoms with Gasteiger partial charge in [0.15, 0.2) is 0 Å². The van der Waals surface area contributed by atoms with Crippen molar-refractivity contribution in [3.05, 3.63) is 112 Å². The van der Waals surface area contributed by atoms with Crippen LogP contribution in [0, 0.1) is 48.5 Å². The molecule has 0 fully saturated rings. The van der Waals surface area contributed by atoms with Crippen molar-refractivity contribution >= 4 is 5.82 Å². The molecule has 0 atom stereocenters. The summed E-state index contributed by atoms with van der Waals surface area (Å²) in [6.45, 7) is 17.4. The summed E-state index contributed by atoms with van der Waals surface area (Å²) in [6, 6.07) is 23.4. The molecule has 1 heterocycles. The van der Waals surface area contributed by atoms with E-state index in [1.165, 1.54) is 38.9 Å². The molecule has 0 bridgehead atoms. The molecule has 0 aliphatic rings. The maximum Gasteiger partial charge on any atom is 0.137 e. The minimum atomic E-state index is 0.796. The number of rotatable bonds is 8. The molecule has 0 unspecified atom stereocenters. The zero-order chi connectivity index (χ0) is 26.8. The van der Waals surface area contributed by atoms with E-state index in [1.54, 1.807) is 0 Å². The van der Waals surface area contributed by atoms with E-state index in [0.717, 1.165) is 49.0 Å². The molecule has 0 saturated carbocycles. The van der Waals surface area contributed by atoms with E-state index in [-0.39, 0.29) is 0 Å². The van der Waals surface area contributed by atoms with Gasteiger partial charge in [0.2, 0.25) is 0 Å². The lowest BCUT2D eigenvalue weighted by molar-refractivity contribution is 0.698. The fourth-order valence-electron chi connectivity index (χ4n) is 4.54. The van der Waals surface area contributed by atoms with E-state index < -0.39 is 0 Å². The van der Waals surface area contributed by atoms with Crippen LogP contribution in [0.5, 0.6) is 0 Å². The molecule has 0 aliphatic heterocycles. The van der Waals surface area contributed by atoms with Gasteiger partial charge in [-0.3, -0.25) is 0 Å². The highest BCUT2D eigenvalue weighted by atomic mass is 15.0. The summed E-state index contributed by atoms with van der Waals surface area (Å²) in [7, 11) is 0. The lowest BCUT2D eigenvalue weighted by atomic mass is 9.99. The average Bonchev–Trinajstić information content (AvgIpc) is 2.86. The van der Waals surface area contributed by atoms with Crippen LogP contribution in [-0.2, 0) is 6.42 Å². The van der Waals surface area contributed by atoms with Gasteiger partial charge in [-0.15, -0.1) is 0 Å². The van der Waals surface area contributed by atoms with Gasteiger partial charge in [0, 0.05) is 18.7 Å². The summed E-state index contributed by atoms with van der Waals surface area (Å²) in [4.78, 5) is 9.24. The Morgan fingerprint density at radius 1 is 0.649 bits per heavy atom. The number of nitrogens with zero attached hydrogens (tertiary/aromatic N) is 2. The third kappa shape index (κ3) is 8.26. The molecule has 0 radical (unpaired) electrons. The summed E-state index contributed by atoms with van der Waals surface area (Å²) in [5, 5.41) is 7.00. The minimum Gasteiger partial charge on any atom is -0.368 e. The molecular formula is C33H42N4. The molecule has 37 heavy (non-hydrogen) atoms. The van der Waals surface area contributed by atoms with Crippen LogP contribution < -0.4 is 10.6 Å². The quantitative estimate of drug-likeness (QED) is 0.254. The fourth-order valence-corrected chi connectivity index (χ4v) is 4.54. The van der Waals surface area contributed by atoms with Crippen molar-refractivity contribution in [2.24, 2.45) is 0 Å². The molecule has 0 saturated heterocycles. The van der Waals surface area contributed by atoms with Crippen LogP contribution >= 0.6 is 0 Å². The van der Waals surface area contributed by atoms with Gasteiger partial charge in [-0.05, 0) is 94.8 Å². The zero-order valence-corrected chi connectivity index (χ0v) is 23.6. The molecule has 0 aliphatic carbocycles. The third-order valence-corrected chi connectivity index (χ3v) is 6.71. The highest BCUT2D eigenvalue weighted by molar-refractivity contribution is 5.79. The van der Waals surface area contributed by atoms with Crippen molar-refractivity contribution in [2.75, 3.05) is 25.0 Å². The second-order valence-corrected chi connectivity index (χ2v) is 9.83. The van der Waals surface area contributed by atoms with E-state index in [0.29, 0.717) is 0 Å². The standard InChI is InChI=1S/C23H28N4.C10H14/c1-17-9-7-8-12-21(17)22-18(2)26-19(3)27-23(22)25-16-15-24-14-13-20-10-5-4-6-11-20;1-7-5-8(2)10(4)9(3)6-7/h4-12,24H,13-16H2,1-3H3,(H,25,26,27);5-6H,1-4H3. The minimum absolute atomic E-state index is 0.796. The smallest absolute Gasteiger partial charge is 0.137 e. The maximum atomic E-state index is 4.67. The predicted molar refractivity (Wildman–Crippen MR) is 159 cm³/mol. The fraction of sp³-hybridized carbons (Fsp3) is 0.333. The van der Waals surface area contributed by atoms with Crippen LogP contribution in [0.2, 0.25) is 0 Å². The number of anilines is 1. The molecule has 0 amide bonds. The van der Waals surface area contributed by atoms with Crippen LogP contribution in [0.3, 0.4) is 0 Å².